The first-order valence-electron chi connectivity index (χ1n) is 5.95. The molecule has 0 aliphatic heterocycles. The summed E-state index contributed by atoms with van der Waals surface area (Å²) in [5.74, 6) is -0.151. The third-order valence-corrected chi connectivity index (χ3v) is 2.30. The second-order valence-corrected chi connectivity index (χ2v) is 3.69. The minimum Gasteiger partial charge on any atom is -0.355 e. The molecule has 5 heteroatoms. The number of nitrogens with one attached hydrogen (secondary N) is 3. The molecule has 5 nitrogen and oxygen atoms in total. The highest BCUT2D eigenvalue weighted by molar-refractivity contribution is 5.83. The smallest absolute Gasteiger partial charge is 0.315 e. The van der Waals surface area contributed by atoms with Crippen molar-refractivity contribution in [1.82, 2.24) is 16.0 Å². The molecular formula is C11H23N3O2. The summed E-state index contributed by atoms with van der Waals surface area (Å²) in [5.41, 5.74) is 0. The van der Waals surface area contributed by atoms with Gasteiger partial charge in [0.2, 0.25) is 5.91 Å². The number of amides is 3. The van der Waals surface area contributed by atoms with Crippen molar-refractivity contribution in [3.05, 3.63) is 0 Å². The second kappa shape index (κ2) is 9.00. The van der Waals surface area contributed by atoms with Gasteiger partial charge in [-0.3, -0.25) is 4.79 Å². The zero-order chi connectivity index (χ0) is 12.4. The van der Waals surface area contributed by atoms with Gasteiger partial charge in [-0.15, -0.1) is 0 Å². The summed E-state index contributed by atoms with van der Waals surface area (Å²) in [6.45, 7) is 6.69. The van der Waals surface area contributed by atoms with E-state index in [2.05, 4.69) is 16.0 Å². The number of urea groups is 1. The van der Waals surface area contributed by atoms with Gasteiger partial charge in [-0.25, -0.2) is 4.79 Å². The Morgan fingerprint density at radius 1 is 1.06 bits per heavy atom. The number of hydrogen-bond donors (Lipinski definition) is 3. The third-order valence-electron chi connectivity index (χ3n) is 2.30. The van der Waals surface area contributed by atoms with Crippen LogP contribution in [0.25, 0.3) is 0 Å². The fraction of sp³-hybridized carbons (Fsp3) is 0.818. The van der Waals surface area contributed by atoms with Crippen LogP contribution in [0.4, 0.5) is 4.79 Å². The molecule has 0 unspecified atom stereocenters. The van der Waals surface area contributed by atoms with Gasteiger partial charge in [-0.1, -0.05) is 20.8 Å². The Bertz CT molecular complexity index is 215. The van der Waals surface area contributed by atoms with E-state index < -0.39 is 0 Å². The third kappa shape index (κ3) is 7.09. The molecule has 0 aromatic rings. The fourth-order valence-electron chi connectivity index (χ4n) is 1.22. The summed E-state index contributed by atoms with van der Waals surface area (Å²) >= 11 is 0. The highest BCUT2D eigenvalue weighted by atomic mass is 16.2. The van der Waals surface area contributed by atoms with Crippen LogP contribution in [0.1, 0.15) is 40.0 Å². The van der Waals surface area contributed by atoms with Crippen molar-refractivity contribution in [3.63, 3.8) is 0 Å². The topological polar surface area (TPSA) is 70.2 Å². The standard InChI is InChI=1S/C11H23N3O2/c1-4-7-12-10(15)8-13-11(16)14-9(5-2)6-3/h9H,4-8H2,1-3H3,(H,12,15)(H2,13,14,16). The van der Waals surface area contributed by atoms with E-state index in [1.165, 1.54) is 0 Å². The summed E-state index contributed by atoms with van der Waals surface area (Å²) < 4.78 is 0. The Morgan fingerprint density at radius 3 is 2.19 bits per heavy atom. The Morgan fingerprint density at radius 2 is 1.69 bits per heavy atom. The first kappa shape index (κ1) is 14.7. The van der Waals surface area contributed by atoms with Gasteiger partial charge in [0, 0.05) is 12.6 Å². The van der Waals surface area contributed by atoms with Crippen LogP contribution in [-0.2, 0) is 4.79 Å². The van der Waals surface area contributed by atoms with Gasteiger partial charge >= 0.3 is 6.03 Å². The van der Waals surface area contributed by atoms with Crippen molar-refractivity contribution in [2.24, 2.45) is 0 Å². The molecule has 16 heavy (non-hydrogen) atoms. The van der Waals surface area contributed by atoms with Crippen molar-refractivity contribution >= 4 is 11.9 Å². The second-order valence-electron chi connectivity index (χ2n) is 3.69. The maximum Gasteiger partial charge on any atom is 0.315 e. The highest BCUT2D eigenvalue weighted by Gasteiger charge is 2.08. The molecule has 0 aromatic heterocycles. The molecule has 0 fully saturated rings. The lowest BCUT2D eigenvalue weighted by Crippen LogP contribution is -2.45. The van der Waals surface area contributed by atoms with Crippen LogP contribution >= 0.6 is 0 Å². The van der Waals surface area contributed by atoms with Crippen molar-refractivity contribution < 1.29 is 9.59 Å². The predicted octanol–water partition coefficient (Wildman–Crippen LogP) is 1.00. The largest absolute Gasteiger partial charge is 0.355 e. The van der Waals surface area contributed by atoms with Gasteiger partial charge in [0.25, 0.3) is 0 Å². The first-order chi connectivity index (χ1) is 7.63. The van der Waals surface area contributed by atoms with Crippen molar-refractivity contribution in [1.29, 1.82) is 0 Å². The van der Waals surface area contributed by atoms with Gasteiger partial charge in [0.05, 0.1) is 6.54 Å². The molecule has 0 rings (SSSR count). The summed E-state index contributed by atoms with van der Waals surface area (Å²) in [6, 6.07) is -0.0981. The molecule has 0 aromatic carbocycles. The van der Waals surface area contributed by atoms with Crippen LogP contribution < -0.4 is 16.0 Å². The molecular weight excluding hydrogens is 206 g/mol. The number of carbonyl (C=O) groups excluding carboxylic acids is 2. The number of hydrogen-bond acceptors (Lipinski definition) is 2. The minimum atomic E-state index is -0.277. The van der Waals surface area contributed by atoms with Gasteiger partial charge < -0.3 is 16.0 Å². The van der Waals surface area contributed by atoms with E-state index in [9.17, 15) is 9.59 Å². The Hall–Kier alpha value is -1.26. The average molecular weight is 229 g/mol. The molecule has 0 aliphatic carbocycles. The minimum absolute atomic E-state index is 0.0337. The quantitative estimate of drug-likeness (QED) is 0.609. The van der Waals surface area contributed by atoms with Gasteiger partial charge in [0.1, 0.15) is 0 Å². The summed E-state index contributed by atoms with van der Waals surface area (Å²) in [5, 5.41) is 8.01. The van der Waals surface area contributed by atoms with Crippen LogP contribution in [0.15, 0.2) is 0 Å². The van der Waals surface area contributed by atoms with Crippen LogP contribution in [-0.4, -0.2) is 31.1 Å². The van der Waals surface area contributed by atoms with Gasteiger partial charge in [-0.2, -0.15) is 0 Å². The molecule has 0 atom stereocenters. The SMILES string of the molecule is CCCNC(=O)CNC(=O)NC(CC)CC. The molecule has 0 aliphatic rings. The molecule has 0 heterocycles. The Balaban J connectivity index is 3.67. The van der Waals surface area contributed by atoms with Crippen LogP contribution in [0.2, 0.25) is 0 Å². The lowest BCUT2D eigenvalue weighted by atomic mass is 10.2. The van der Waals surface area contributed by atoms with Crippen LogP contribution in [0, 0.1) is 0 Å². The summed E-state index contributed by atoms with van der Waals surface area (Å²) in [6.07, 6.45) is 2.68. The van der Waals surface area contributed by atoms with Crippen molar-refractivity contribution in [2.75, 3.05) is 13.1 Å². The lowest BCUT2D eigenvalue weighted by molar-refractivity contribution is -0.120. The summed E-state index contributed by atoms with van der Waals surface area (Å²) in [7, 11) is 0. The Labute approximate surface area is 97.4 Å². The monoisotopic (exact) mass is 229 g/mol. The van der Waals surface area contributed by atoms with Gasteiger partial charge in [0.15, 0.2) is 0 Å². The van der Waals surface area contributed by atoms with E-state index in [1.807, 2.05) is 20.8 Å². The molecule has 3 N–H and O–H groups in total. The van der Waals surface area contributed by atoms with E-state index in [-0.39, 0.29) is 24.5 Å². The van der Waals surface area contributed by atoms with Crippen LogP contribution in [0.3, 0.4) is 0 Å². The first-order valence-corrected chi connectivity index (χ1v) is 5.95. The zero-order valence-corrected chi connectivity index (χ0v) is 10.4. The van der Waals surface area contributed by atoms with Crippen molar-refractivity contribution in [3.8, 4) is 0 Å². The number of rotatable bonds is 7. The lowest BCUT2D eigenvalue weighted by Gasteiger charge is -2.15. The highest BCUT2D eigenvalue weighted by Crippen LogP contribution is 1.94. The van der Waals surface area contributed by atoms with E-state index >= 15 is 0 Å². The summed E-state index contributed by atoms with van der Waals surface area (Å²) in [4.78, 5) is 22.5. The molecule has 0 spiro atoms. The fourth-order valence-corrected chi connectivity index (χ4v) is 1.22. The molecule has 94 valence electrons. The molecule has 0 saturated carbocycles. The maximum atomic E-state index is 11.3. The maximum absolute atomic E-state index is 11.3. The molecule has 3 amide bonds. The number of carbonyl (C=O) groups is 2. The molecule has 0 bridgehead atoms. The van der Waals surface area contributed by atoms with E-state index in [0.717, 1.165) is 19.3 Å². The normalized spacial score (nSPS) is 10.0. The van der Waals surface area contributed by atoms with Crippen molar-refractivity contribution in [2.45, 2.75) is 46.1 Å². The zero-order valence-electron chi connectivity index (χ0n) is 10.4. The van der Waals surface area contributed by atoms with E-state index in [4.69, 9.17) is 0 Å². The van der Waals surface area contributed by atoms with E-state index in [1.54, 1.807) is 0 Å². The Kier molecular flexibility index (Phi) is 8.29. The van der Waals surface area contributed by atoms with Crippen LogP contribution in [0.5, 0.6) is 0 Å². The molecule has 0 saturated heterocycles. The predicted molar refractivity (Wildman–Crippen MR) is 64.2 cm³/mol. The van der Waals surface area contributed by atoms with E-state index in [0.29, 0.717) is 6.54 Å². The average Bonchev–Trinajstić information content (AvgIpc) is 2.30. The van der Waals surface area contributed by atoms with Gasteiger partial charge in [-0.05, 0) is 19.3 Å². The molecule has 0 radical (unpaired) electrons.